The molecule has 2 fully saturated rings. The van der Waals surface area contributed by atoms with Gasteiger partial charge in [0, 0.05) is 5.41 Å². The molecule has 2 heteroatoms. The molecule has 0 saturated heterocycles. The van der Waals surface area contributed by atoms with E-state index in [1.165, 1.54) is 127 Å². The molecule has 2 aromatic carbocycles. The van der Waals surface area contributed by atoms with Gasteiger partial charge in [-0.25, -0.2) is 0 Å². The van der Waals surface area contributed by atoms with Crippen molar-refractivity contribution < 1.29 is 10.2 Å². The maximum atomic E-state index is 9.87. The van der Waals surface area contributed by atoms with Crippen molar-refractivity contribution in [2.24, 2.45) is 17.8 Å². The van der Waals surface area contributed by atoms with Gasteiger partial charge < -0.3 is 10.2 Å². The third kappa shape index (κ3) is 9.02. The Labute approximate surface area is 239 Å². The summed E-state index contributed by atoms with van der Waals surface area (Å²) in [5.41, 5.74) is 2.59. The second-order valence-corrected chi connectivity index (χ2v) is 13.2. The van der Waals surface area contributed by atoms with Crippen LogP contribution in [0.5, 0.6) is 11.5 Å². The fourth-order valence-corrected chi connectivity index (χ4v) is 7.79. The van der Waals surface area contributed by atoms with Gasteiger partial charge in [-0.1, -0.05) is 134 Å². The minimum absolute atomic E-state index is 0.00892. The summed E-state index contributed by atoms with van der Waals surface area (Å²) in [4.78, 5) is 0. The summed E-state index contributed by atoms with van der Waals surface area (Å²) in [5, 5.41) is 19.7. The van der Waals surface area contributed by atoms with Crippen LogP contribution in [0.3, 0.4) is 0 Å². The molecule has 0 atom stereocenters. The third-order valence-corrected chi connectivity index (χ3v) is 10.5. The molecule has 0 radical (unpaired) electrons. The summed E-state index contributed by atoms with van der Waals surface area (Å²) < 4.78 is 0. The Morgan fingerprint density at radius 3 is 1.36 bits per heavy atom. The fraction of sp³-hybridized carbons (Fsp3) is 0.676. The van der Waals surface area contributed by atoms with E-state index in [0.717, 1.165) is 30.6 Å². The molecule has 0 heterocycles. The van der Waals surface area contributed by atoms with Crippen LogP contribution in [0.15, 0.2) is 48.5 Å². The van der Waals surface area contributed by atoms with E-state index < -0.39 is 0 Å². The predicted molar refractivity (Wildman–Crippen MR) is 165 cm³/mol. The second kappa shape index (κ2) is 15.7. The standard InChI is InChI=1S/C37H56O2/c1-2-3-4-5-6-7-8-9-10-11-30-12-14-31(15-13-30)16-17-32-26-28-37(29-27-32,33-18-22-35(38)23-19-33)34-20-24-36(39)25-21-34/h18-25,30-32,38-39H,2-17,26-29H2,1H3/t30-,31-. The smallest absolute Gasteiger partial charge is 0.115 e. The van der Waals surface area contributed by atoms with Crippen LogP contribution in [-0.4, -0.2) is 10.2 Å². The first kappa shape index (κ1) is 30.0. The Morgan fingerprint density at radius 1 is 0.513 bits per heavy atom. The largest absolute Gasteiger partial charge is 0.508 e. The first-order valence-corrected chi connectivity index (χ1v) is 16.7. The monoisotopic (exact) mass is 532 g/mol. The van der Waals surface area contributed by atoms with Crippen molar-refractivity contribution in [1.82, 2.24) is 0 Å². The molecule has 2 nitrogen and oxygen atoms in total. The van der Waals surface area contributed by atoms with Crippen molar-refractivity contribution in [2.75, 3.05) is 0 Å². The molecular weight excluding hydrogens is 476 g/mol. The van der Waals surface area contributed by atoms with Crippen molar-refractivity contribution in [3.8, 4) is 11.5 Å². The second-order valence-electron chi connectivity index (χ2n) is 13.2. The minimum Gasteiger partial charge on any atom is -0.508 e. The highest BCUT2D eigenvalue weighted by atomic mass is 16.3. The van der Waals surface area contributed by atoms with E-state index in [0.29, 0.717) is 11.5 Å². The summed E-state index contributed by atoms with van der Waals surface area (Å²) in [6.07, 6.45) is 28.1. The molecular formula is C37H56O2. The predicted octanol–water partition coefficient (Wildman–Crippen LogP) is 11.1. The van der Waals surface area contributed by atoms with Crippen molar-refractivity contribution in [1.29, 1.82) is 0 Å². The van der Waals surface area contributed by atoms with Gasteiger partial charge in [-0.15, -0.1) is 0 Å². The van der Waals surface area contributed by atoms with Crippen molar-refractivity contribution >= 4 is 0 Å². The lowest BCUT2D eigenvalue weighted by Gasteiger charge is -2.42. The first-order chi connectivity index (χ1) is 19.1. The highest BCUT2D eigenvalue weighted by molar-refractivity contribution is 5.43. The Morgan fingerprint density at radius 2 is 0.897 bits per heavy atom. The molecule has 2 aromatic rings. The van der Waals surface area contributed by atoms with E-state index in [1.807, 2.05) is 24.3 Å². The minimum atomic E-state index is -0.00892. The van der Waals surface area contributed by atoms with Crippen LogP contribution in [0.4, 0.5) is 0 Å². The van der Waals surface area contributed by atoms with E-state index in [-0.39, 0.29) is 5.41 Å². The molecule has 39 heavy (non-hydrogen) atoms. The Hall–Kier alpha value is -1.96. The average molecular weight is 533 g/mol. The third-order valence-electron chi connectivity index (χ3n) is 10.5. The molecule has 2 aliphatic rings. The zero-order chi connectivity index (χ0) is 27.3. The van der Waals surface area contributed by atoms with Gasteiger partial charge in [-0.3, -0.25) is 0 Å². The topological polar surface area (TPSA) is 40.5 Å². The number of hydrogen-bond acceptors (Lipinski definition) is 2. The zero-order valence-electron chi connectivity index (χ0n) is 24.9. The molecule has 0 aliphatic heterocycles. The lowest BCUT2D eigenvalue weighted by Crippen LogP contribution is -2.33. The van der Waals surface area contributed by atoms with Crippen molar-refractivity contribution in [2.45, 2.75) is 141 Å². The Kier molecular flexibility index (Phi) is 12.1. The van der Waals surface area contributed by atoms with Crippen LogP contribution in [0.1, 0.15) is 146 Å². The van der Waals surface area contributed by atoms with Gasteiger partial charge in [0.15, 0.2) is 0 Å². The quantitative estimate of drug-likeness (QED) is 0.224. The fourth-order valence-electron chi connectivity index (χ4n) is 7.79. The molecule has 4 rings (SSSR count). The lowest BCUT2D eigenvalue weighted by atomic mass is 9.62. The molecule has 0 aromatic heterocycles. The van der Waals surface area contributed by atoms with Crippen LogP contribution in [0, 0.1) is 17.8 Å². The maximum absolute atomic E-state index is 9.87. The number of hydrogen-bond donors (Lipinski definition) is 2. The molecule has 0 bridgehead atoms. The van der Waals surface area contributed by atoms with E-state index in [4.69, 9.17) is 0 Å². The van der Waals surface area contributed by atoms with Crippen molar-refractivity contribution in [3.63, 3.8) is 0 Å². The summed E-state index contributed by atoms with van der Waals surface area (Å²) in [6, 6.07) is 15.7. The summed E-state index contributed by atoms with van der Waals surface area (Å²) in [6.45, 7) is 2.30. The maximum Gasteiger partial charge on any atom is 0.115 e. The van der Waals surface area contributed by atoms with E-state index in [9.17, 15) is 10.2 Å². The first-order valence-electron chi connectivity index (χ1n) is 16.7. The highest BCUT2D eigenvalue weighted by Gasteiger charge is 2.38. The number of phenolic OH excluding ortho intramolecular Hbond substituents is 2. The summed E-state index contributed by atoms with van der Waals surface area (Å²) in [5.74, 6) is 3.47. The van der Waals surface area contributed by atoms with E-state index in [1.54, 1.807) is 0 Å². The lowest BCUT2D eigenvalue weighted by molar-refractivity contribution is 0.208. The van der Waals surface area contributed by atoms with E-state index >= 15 is 0 Å². The van der Waals surface area contributed by atoms with Crippen LogP contribution < -0.4 is 0 Å². The average Bonchev–Trinajstić information content (AvgIpc) is 2.97. The normalized spacial score (nSPS) is 21.7. The van der Waals surface area contributed by atoms with Gasteiger partial charge in [0.25, 0.3) is 0 Å². The van der Waals surface area contributed by atoms with Gasteiger partial charge >= 0.3 is 0 Å². The van der Waals surface area contributed by atoms with Crippen LogP contribution in [-0.2, 0) is 5.41 Å². The van der Waals surface area contributed by atoms with Gasteiger partial charge in [-0.05, 0) is 78.8 Å². The molecule has 0 unspecified atom stereocenters. The number of phenols is 2. The van der Waals surface area contributed by atoms with Gasteiger partial charge in [0.2, 0.25) is 0 Å². The van der Waals surface area contributed by atoms with Gasteiger partial charge in [0.1, 0.15) is 11.5 Å². The van der Waals surface area contributed by atoms with Crippen molar-refractivity contribution in [3.05, 3.63) is 59.7 Å². The SMILES string of the molecule is CCCCCCCCCCC[C@H]1CC[C@H](CCC2CCC(c3ccc(O)cc3)(c3ccc(O)cc3)CC2)CC1. The molecule has 2 saturated carbocycles. The summed E-state index contributed by atoms with van der Waals surface area (Å²) >= 11 is 0. The molecule has 2 N–H and O–H groups in total. The molecule has 2 aliphatic carbocycles. The molecule has 0 amide bonds. The Bertz CT molecular complexity index is 867. The van der Waals surface area contributed by atoms with E-state index in [2.05, 4.69) is 31.2 Å². The number of aromatic hydroxyl groups is 2. The number of unbranched alkanes of at least 4 members (excludes halogenated alkanes) is 8. The highest BCUT2D eigenvalue weighted by Crippen LogP contribution is 2.48. The zero-order valence-corrected chi connectivity index (χ0v) is 24.9. The van der Waals surface area contributed by atoms with Crippen LogP contribution in [0.2, 0.25) is 0 Å². The van der Waals surface area contributed by atoms with Gasteiger partial charge in [0.05, 0.1) is 0 Å². The number of rotatable bonds is 15. The molecule has 0 spiro atoms. The molecule has 216 valence electrons. The number of benzene rings is 2. The van der Waals surface area contributed by atoms with Gasteiger partial charge in [-0.2, -0.15) is 0 Å². The van der Waals surface area contributed by atoms with Crippen LogP contribution in [0.25, 0.3) is 0 Å². The van der Waals surface area contributed by atoms with Crippen LogP contribution >= 0.6 is 0 Å². The Balaban J connectivity index is 1.15. The summed E-state index contributed by atoms with van der Waals surface area (Å²) in [7, 11) is 0.